The predicted octanol–water partition coefficient (Wildman–Crippen LogP) is 1.48. The summed E-state index contributed by atoms with van der Waals surface area (Å²) in [4.78, 5) is 16.3. The number of benzene rings is 1. The van der Waals surface area contributed by atoms with Gasteiger partial charge in [-0.05, 0) is 31.2 Å². The second kappa shape index (κ2) is 6.37. The van der Waals surface area contributed by atoms with Gasteiger partial charge in [0.25, 0.3) is 5.91 Å². The lowest BCUT2D eigenvalue weighted by atomic mass is 10.2. The summed E-state index contributed by atoms with van der Waals surface area (Å²) in [7, 11) is 0. The van der Waals surface area contributed by atoms with Crippen LogP contribution in [0.2, 0.25) is 5.02 Å². The van der Waals surface area contributed by atoms with Gasteiger partial charge in [0.05, 0.1) is 6.10 Å². The van der Waals surface area contributed by atoms with Crippen molar-refractivity contribution in [2.75, 3.05) is 32.7 Å². The maximum Gasteiger partial charge on any atom is 0.253 e. The number of piperazine rings is 1. The number of carbonyl (C=O) groups excluding carboxylic acids is 1. The van der Waals surface area contributed by atoms with Crippen LogP contribution in [0.5, 0.6) is 0 Å². The van der Waals surface area contributed by atoms with E-state index in [1.165, 1.54) is 0 Å². The van der Waals surface area contributed by atoms with Gasteiger partial charge >= 0.3 is 0 Å². The first-order valence-electron chi connectivity index (χ1n) is 6.51. The third-order valence-corrected chi connectivity index (χ3v) is 3.53. The molecule has 0 aliphatic carbocycles. The van der Waals surface area contributed by atoms with Crippen LogP contribution < -0.4 is 0 Å². The molecule has 0 spiro atoms. The van der Waals surface area contributed by atoms with E-state index in [1.54, 1.807) is 31.2 Å². The Hall–Kier alpha value is -1.10. The highest BCUT2D eigenvalue weighted by molar-refractivity contribution is 6.30. The van der Waals surface area contributed by atoms with E-state index in [1.807, 2.05) is 4.90 Å². The highest BCUT2D eigenvalue weighted by Crippen LogP contribution is 2.13. The molecule has 1 N–H and O–H groups in total. The van der Waals surface area contributed by atoms with Gasteiger partial charge in [-0.15, -0.1) is 0 Å². The van der Waals surface area contributed by atoms with Gasteiger partial charge in [0, 0.05) is 43.3 Å². The number of amides is 1. The third-order valence-electron chi connectivity index (χ3n) is 3.27. The summed E-state index contributed by atoms with van der Waals surface area (Å²) < 4.78 is 0. The van der Waals surface area contributed by atoms with E-state index >= 15 is 0 Å². The molecule has 1 aliphatic rings. The molecule has 0 aromatic heterocycles. The summed E-state index contributed by atoms with van der Waals surface area (Å²) in [6.07, 6.45) is -0.321. The van der Waals surface area contributed by atoms with Crippen LogP contribution in [0.25, 0.3) is 0 Å². The van der Waals surface area contributed by atoms with E-state index in [0.717, 1.165) is 13.1 Å². The monoisotopic (exact) mass is 282 g/mol. The molecule has 1 heterocycles. The molecule has 19 heavy (non-hydrogen) atoms. The Balaban J connectivity index is 1.90. The molecule has 1 saturated heterocycles. The molecule has 5 heteroatoms. The van der Waals surface area contributed by atoms with Crippen molar-refractivity contribution in [3.05, 3.63) is 34.9 Å². The van der Waals surface area contributed by atoms with Crippen molar-refractivity contribution in [2.24, 2.45) is 0 Å². The summed E-state index contributed by atoms with van der Waals surface area (Å²) in [5, 5.41) is 9.99. The number of halogens is 1. The second-order valence-corrected chi connectivity index (χ2v) is 5.39. The Morgan fingerprint density at radius 2 is 1.84 bits per heavy atom. The van der Waals surface area contributed by atoms with E-state index in [2.05, 4.69) is 4.90 Å². The fourth-order valence-corrected chi connectivity index (χ4v) is 2.41. The molecule has 104 valence electrons. The number of aliphatic hydroxyl groups is 1. The van der Waals surface area contributed by atoms with E-state index < -0.39 is 0 Å². The fraction of sp³-hybridized carbons (Fsp3) is 0.500. The Morgan fingerprint density at radius 1 is 1.26 bits per heavy atom. The van der Waals surface area contributed by atoms with Gasteiger partial charge in [-0.25, -0.2) is 0 Å². The largest absolute Gasteiger partial charge is 0.392 e. The Bertz CT molecular complexity index is 426. The van der Waals surface area contributed by atoms with E-state index in [-0.39, 0.29) is 12.0 Å². The summed E-state index contributed by atoms with van der Waals surface area (Å²) in [5.74, 6) is 0.0494. The number of hydrogen-bond donors (Lipinski definition) is 1. The molecule has 0 saturated carbocycles. The molecule has 1 atom stereocenters. The summed E-state index contributed by atoms with van der Waals surface area (Å²) in [5.41, 5.74) is 0.674. The number of carbonyl (C=O) groups is 1. The predicted molar refractivity (Wildman–Crippen MR) is 75.5 cm³/mol. The van der Waals surface area contributed by atoms with Gasteiger partial charge < -0.3 is 10.0 Å². The zero-order valence-corrected chi connectivity index (χ0v) is 11.8. The lowest BCUT2D eigenvalue weighted by Gasteiger charge is -2.35. The summed E-state index contributed by atoms with van der Waals surface area (Å²) >= 11 is 5.81. The number of aliphatic hydroxyl groups excluding tert-OH is 1. The molecular weight excluding hydrogens is 264 g/mol. The zero-order valence-electron chi connectivity index (χ0n) is 11.1. The molecule has 0 unspecified atom stereocenters. The van der Waals surface area contributed by atoms with E-state index in [4.69, 9.17) is 11.6 Å². The van der Waals surface area contributed by atoms with Gasteiger partial charge in [-0.1, -0.05) is 11.6 Å². The van der Waals surface area contributed by atoms with Crippen LogP contribution in [-0.2, 0) is 0 Å². The van der Waals surface area contributed by atoms with Gasteiger partial charge in [-0.2, -0.15) is 0 Å². The van der Waals surface area contributed by atoms with Crippen molar-refractivity contribution in [2.45, 2.75) is 13.0 Å². The van der Waals surface area contributed by atoms with Crippen LogP contribution >= 0.6 is 11.6 Å². The number of β-amino-alcohol motifs (C(OH)–C–C–N with tert-alkyl or cyclic N) is 1. The number of nitrogens with zero attached hydrogens (tertiary/aromatic N) is 2. The molecule has 1 aromatic rings. The van der Waals surface area contributed by atoms with Crippen LogP contribution in [0.1, 0.15) is 17.3 Å². The van der Waals surface area contributed by atoms with Crippen molar-refractivity contribution in [3.63, 3.8) is 0 Å². The minimum absolute atomic E-state index is 0.0494. The Morgan fingerprint density at radius 3 is 2.37 bits per heavy atom. The molecule has 1 fully saturated rings. The summed E-state index contributed by atoms with van der Waals surface area (Å²) in [6.45, 7) is 5.48. The average Bonchev–Trinajstić information content (AvgIpc) is 2.39. The first-order valence-corrected chi connectivity index (χ1v) is 6.89. The third kappa shape index (κ3) is 3.93. The molecular formula is C14H19ClN2O2. The normalized spacial score (nSPS) is 18.4. The first-order chi connectivity index (χ1) is 9.06. The molecule has 1 amide bonds. The lowest BCUT2D eigenvalue weighted by molar-refractivity contribution is 0.0554. The molecule has 0 bridgehead atoms. The smallest absolute Gasteiger partial charge is 0.253 e. The zero-order chi connectivity index (χ0) is 13.8. The SMILES string of the molecule is C[C@@H](O)CN1CCN(C(=O)c2ccc(Cl)cc2)CC1. The molecule has 2 rings (SSSR count). The quantitative estimate of drug-likeness (QED) is 0.913. The number of hydrogen-bond acceptors (Lipinski definition) is 3. The van der Waals surface area contributed by atoms with Gasteiger partial charge in [-0.3, -0.25) is 9.69 Å². The van der Waals surface area contributed by atoms with Crippen LogP contribution in [0, 0.1) is 0 Å². The minimum atomic E-state index is -0.321. The van der Waals surface area contributed by atoms with Gasteiger partial charge in [0.15, 0.2) is 0 Å². The Kier molecular flexibility index (Phi) is 4.80. The maximum atomic E-state index is 12.3. The van der Waals surface area contributed by atoms with Crippen molar-refractivity contribution in [3.8, 4) is 0 Å². The summed E-state index contributed by atoms with van der Waals surface area (Å²) in [6, 6.07) is 6.98. The first kappa shape index (κ1) is 14.3. The number of rotatable bonds is 3. The van der Waals surface area contributed by atoms with Crippen LogP contribution in [-0.4, -0.2) is 59.6 Å². The van der Waals surface area contributed by atoms with Crippen molar-refractivity contribution in [1.29, 1.82) is 0 Å². The van der Waals surface area contributed by atoms with E-state index in [0.29, 0.717) is 30.2 Å². The van der Waals surface area contributed by atoms with Gasteiger partial charge in [0.2, 0.25) is 0 Å². The van der Waals surface area contributed by atoms with Crippen LogP contribution in [0.3, 0.4) is 0 Å². The molecule has 0 radical (unpaired) electrons. The van der Waals surface area contributed by atoms with Crippen LogP contribution in [0.4, 0.5) is 0 Å². The molecule has 1 aromatic carbocycles. The highest BCUT2D eigenvalue weighted by atomic mass is 35.5. The minimum Gasteiger partial charge on any atom is -0.392 e. The topological polar surface area (TPSA) is 43.8 Å². The lowest BCUT2D eigenvalue weighted by Crippen LogP contribution is -2.50. The highest BCUT2D eigenvalue weighted by Gasteiger charge is 2.22. The van der Waals surface area contributed by atoms with Crippen molar-refractivity contribution in [1.82, 2.24) is 9.80 Å². The fourth-order valence-electron chi connectivity index (χ4n) is 2.28. The molecule has 4 nitrogen and oxygen atoms in total. The maximum absolute atomic E-state index is 12.3. The second-order valence-electron chi connectivity index (χ2n) is 4.95. The standard InChI is InChI=1S/C14H19ClN2O2/c1-11(18)10-16-6-8-17(9-7-16)14(19)12-2-4-13(15)5-3-12/h2-5,11,18H,6-10H2,1H3/t11-/m1/s1. The Labute approximate surface area is 118 Å². The van der Waals surface area contributed by atoms with Crippen LogP contribution in [0.15, 0.2) is 24.3 Å². The van der Waals surface area contributed by atoms with Crippen molar-refractivity contribution >= 4 is 17.5 Å². The molecule has 1 aliphatic heterocycles. The average molecular weight is 283 g/mol. The van der Waals surface area contributed by atoms with Crippen molar-refractivity contribution < 1.29 is 9.90 Å². The van der Waals surface area contributed by atoms with E-state index in [9.17, 15) is 9.90 Å². The van der Waals surface area contributed by atoms with Gasteiger partial charge in [0.1, 0.15) is 0 Å².